The minimum absolute atomic E-state index is 0.756. The van der Waals surface area contributed by atoms with Crippen LogP contribution in [0.15, 0.2) is 22.7 Å². The van der Waals surface area contributed by atoms with Crippen LogP contribution in [0.2, 0.25) is 0 Å². The monoisotopic (exact) mass is 305 g/mol. The summed E-state index contributed by atoms with van der Waals surface area (Å²) in [6.45, 7) is 6.14. The maximum atomic E-state index is 4.54. The number of rotatable bonds is 2. The van der Waals surface area contributed by atoms with E-state index in [0.717, 1.165) is 27.4 Å². The van der Waals surface area contributed by atoms with Crippen molar-refractivity contribution in [3.8, 4) is 11.4 Å². The summed E-state index contributed by atoms with van der Waals surface area (Å²) in [6.07, 6.45) is 0. The van der Waals surface area contributed by atoms with E-state index in [2.05, 4.69) is 63.3 Å². The lowest BCUT2D eigenvalue weighted by Crippen LogP contribution is -2.01. The van der Waals surface area contributed by atoms with Gasteiger partial charge in [0.2, 0.25) is 0 Å². The number of hydrogen-bond donors (Lipinski definition) is 1. The van der Waals surface area contributed by atoms with Gasteiger partial charge in [0, 0.05) is 12.6 Å². The first-order valence-corrected chi connectivity index (χ1v) is 6.61. The van der Waals surface area contributed by atoms with Crippen LogP contribution in [0.25, 0.3) is 11.4 Å². The fourth-order valence-electron chi connectivity index (χ4n) is 1.96. The van der Waals surface area contributed by atoms with Crippen molar-refractivity contribution in [3.63, 3.8) is 0 Å². The maximum absolute atomic E-state index is 4.54. The minimum atomic E-state index is 0.756. The predicted molar refractivity (Wildman–Crippen MR) is 78.9 cm³/mol. The Kier molecular flexibility index (Phi) is 3.66. The fourth-order valence-corrected chi connectivity index (χ4v) is 2.33. The van der Waals surface area contributed by atoms with E-state index in [1.165, 1.54) is 11.1 Å². The van der Waals surface area contributed by atoms with Crippen molar-refractivity contribution in [3.05, 3.63) is 39.5 Å². The van der Waals surface area contributed by atoms with Gasteiger partial charge in [0.15, 0.2) is 5.82 Å². The zero-order valence-corrected chi connectivity index (χ0v) is 12.6. The molecule has 0 aliphatic heterocycles. The molecule has 0 fully saturated rings. The second kappa shape index (κ2) is 5.06. The molecule has 1 aromatic heterocycles. The summed E-state index contributed by atoms with van der Waals surface area (Å²) in [4.78, 5) is 9.07. The smallest absolute Gasteiger partial charge is 0.161 e. The van der Waals surface area contributed by atoms with Gasteiger partial charge in [0.05, 0.1) is 10.2 Å². The van der Waals surface area contributed by atoms with E-state index < -0.39 is 0 Å². The molecule has 1 N–H and O–H groups in total. The predicted octanol–water partition coefficient (Wildman–Crippen LogP) is 3.87. The third kappa shape index (κ3) is 2.53. The van der Waals surface area contributed by atoms with Gasteiger partial charge in [-0.3, -0.25) is 0 Å². The molecule has 0 saturated heterocycles. The molecule has 0 aliphatic rings. The van der Waals surface area contributed by atoms with Gasteiger partial charge in [-0.25, -0.2) is 9.97 Å². The van der Waals surface area contributed by atoms with E-state index in [9.17, 15) is 0 Å². The Morgan fingerprint density at radius 3 is 2.17 bits per heavy atom. The van der Waals surface area contributed by atoms with Gasteiger partial charge >= 0.3 is 0 Å². The summed E-state index contributed by atoms with van der Waals surface area (Å²) in [5, 5.41) is 3.08. The van der Waals surface area contributed by atoms with Gasteiger partial charge in [0.1, 0.15) is 5.82 Å². The summed E-state index contributed by atoms with van der Waals surface area (Å²) < 4.78 is 0.915. The van der Waals surface area contributed by atoms with E-state index in [1.54, 1.807) is 0 Å². The van der Waals surface area contributed by atoms with Gasteiger partial charge in [-0.1, -0.05) is 17.2 Å². The van der Waals surface area contributed by atoms with Crippen LogP contribution in [0, 0.1) is 20.8 Å². The molecule has 18 heavy (non-hydrogen) atoms. The van der Waals surface area contributed by atoms with Crippen LogP contribution < -0.4 is 5.32 Å². The van der Waals surface area contributed by atoms with Crippen molar-refractivity contribution in [2.24, 2.45) is 0 Å². The normalized spacial score (nSPS) is 10.5. The van der Waals surface area contributed by atoms with Gasteiger partial charge in [-0.15, -0.1) is 0 Å². The van der Waals surface area contributed by atoms with Crippen molar-refractivity contribution in [2.45, 2.75) is 20.8 Å². The Bertz CT molecular complexity index is 574. The fraction of sp³-hybridized carbons (Fsp3) is 0.286. The number of benzene rings is 1. The SMILES string of the molecule is CNc1nc(-c2cc(C)cc(C)c2)nc(C)c1Br. The molecule has 1 heterocycles. The van der Waals surface area contributed by atoms with Crippen molar-refractivity contribution < 1.29 is 0 Å². The lowest BCUT2D eigenvalue weighted by molar-refractivity contribution is 1.09. The number of aromatic nitrogens is 2. The number of nitrogens with zero attached hydrogens (tertiary/aromatic N) is 2. The number of nitrogens with one attached hydrogen (secondary N) is 1. The highest BCUT2D eigenvalue weighted by Gasteiger charge is 2.10. The van der Waals surface area contributed by atoms with Crippen LogP contribution in [-0.4, -0.2) is 17.0 Å². The highest BCUT2D eigenvalue weighted by Crippen LogP contribution is 2.27. The van der Waals surface area contributed by atoms with Crippen LogP contribution >= 0.6 is 15.9 Å². The third-order valence-electron chi connectivity index (χ3n) is 2.73. The summed E-state index contributed by atoms with van der Waals surface area (Å²) in [7, 11) is 1.86. The molecule has 0 bridgehead atoms. The standard InChI is InChI=1S/C14H16BrN3/c1-8-5-9(2)7-11(6-8)13-17-10(3)12(15)14(16-4)18-13/h5-7H,1-4H3,(H,16,17,18). The molecule has 2 aromatic rings. The first kappa shape index (κ1) is 13.0. The second-order valence-electron chi connectivity index (χ2n) is 4.42. The van der Waals surface area contributed by atoms with Crippen molar-refractivity contribution in [2.75, 3.05) is 12.4 Å². The van der Waals surface area contributed by atoms with E-state index in [-0.39, 0.29) is 0 Å². The van der Waals surface area contributed by atoms with Crippen LogP contribution in [0.1, 0.15) is 16.8 Å². The van der Waals surface area contributed by atoms with Crippen molar-refractivity contribution in [1.82, 2.24) is 9.97 Å². The summed E-state index contributed by atoms with van der Waals surface area (Å²) in [6, 6.07) is 6.36. The van der Waals surface area contributed by atoms with E-state index >= 15 is 0 Å². The summed E-state index contributed by atoms with van der Waals surface area (Å²) in [5.74, 6) is 1.57. The Labute approximate surface area is 116 Å². The number of anilines is 1. The molecular weight excluding hydrogens is 290 g/mol. The molecule has 1 aromatic carbocycles. The van der Waals surface area contributed by atoms with Crippen molar-refractivity contribution in [1.29, 1.82) is 0 Å². The van der Waals surface area contributed by atoms with Gasteiger partial charge in [-0.05, 0) is 48.8 Å². The molecule has 0 unspecified atom stereocenters. The zero-order valence-electron chi connectivity index (χ0n) is 11.0. The molecule has 0 atom stereocenters. The molecule has 0 radical (unpaired) electrons. The molecular formula is C14H16BrN3. The van der Waals surface area contributed by atoms with Crippen molar-refractivity contribution >= 4 is 21.7 Å². The largest absolute Gasteiger partial charge is 0.372 e. The average molecular weight is 306 g/mol. The van der Waals surface area contributed by atoms with Gasteiger partial charge in [0.25, 0.3) is 0 Å². The molecule has 2 rings (SSSR count). The second-order valence-corrected chi connectivity index (χ2v) is 5.21. The molecule has 3 nitrogen and oxygen atoms in total. The number of aryl methyl sites for hydroxylation is 3. The van der Waals surface area contributed by atoms with Gasteiger partial charge in [-0.2, -0.15) is 0 Å². The van der Waals surface area contributed by atoms with Gasteiger partial charge < -0.3 is 5.32 Å². The Balaban J connectivity index is 2.60. The average Bonchev–Trinajstić information content (AvgIpc) is 2.31. The quantitative estimate of drug-likeness (QED) is 0.915. The number of halogens is 1. The van der Waals surface area contributed by atoms with Crippen LogP contribution in [0.4, 0.5) is 5.82 Å². The Morgan fingerprint density at radius 1 is 1.00 bits per heavy atom. The van der Waals surface area contributed by atoms with Crippen LogP contribution in [0.3, 0.4) is 0 Å². The minimum Gasteiger partial charge on any atom is -0.372 e. The maximum Gasteiger partial charge on any atom is 0.161 e. The lowest BCUT2D eigenvalue weighted by Gasteiger charge is -2.09. The lowest BCUT2D eigenvalue weighted by atomic mass is 10.1. The number of hydrogen-bond acceptors (Lipinski definition) is 3. The molecule has 0 amide bonds. The first-order chi connectivity index (χ1) is 8.51. The topological polar surface area (TPSA) is 37.8 Å². The zero-order chi connectivity index (χ0) is 13.3. The van der Waals surface area contributed by atoms with Crippen LogP contribution in [-0.2, 0) is 0 Å². The molecule has 0 saturated carbocycles. The van der Waals surface area contributed by atoms with E-state index in [1.807, 2.05) is 14.0 Å². The Hall–Kier alpha value is -1.42. The van der Waals surface area contributed by atoms with E-state index in [0.29, 0.717) is 0 Å². The molecule has 4 heteroatoms. The summed E-state index contributed by atoms with van der Waals surface area (Å²) in [5.41, 5.74) is 4.43. The third-order valence-corrected chi connectivity index (χ3v) is 3.68. The highest BCUT2D eigenvalue weighted by atomic mass is 79.9. The van der Waals surface area contributed by atoms with Crippen LogP contribution in [0.5, 0.6) is 0 Å². The Morgan fingerprint density at radius 2 is 1.61 bits per heavy atom. The summed E-state index contributed by atoms with van der Waals surface area (Å²) >= 11 is 3.49. The highest BCUT2D eigenvalue weighted by molar-refractivity contribution is 9.10. The molecule has 0 aliphatic carbocycles. The first-order valence-electron chi connectivity index (χ1n) is 5.82. The molecule has 0 spiro atoms. The van der Waals surface area contributed by atoms with E-state index in [4.69, 9.17) is 0 Å². The molecule has 94 valence electrons.